The quantitative estimate of drug-likeness (QED) is 0.865. The van der Waals surface area contributed by atoms with E-state index in [4.69, 9.17) is 14.7 Å². The van der Waals surface area contributed by atoms with E-state index in [0.717, 1.165) is 5.56 Å². The van der Waals surface area contributed by atoms with Gasteiger partial charge in [-0.25, -0.2) is 0 Å². The second kappa shape index (κ2) is 5.07. The summed E-state index contributed by atoms with van der Waals surface area (Å²) in [5.41, 5.74) is 0.753. The number of ether oxygens (including phenoxy) is 2. The Bertz CT molecular complexity index is 447. The summed E-state index contributed by atoms with van der Waals surface area (Å²) in [5, 5.41) is 18.4. The summed E-state index contributed by atoms with van der Waals surface area (Å²) in [5.74, 6) is 1.06. The van der Waals surface area contributed by atoms with Crippen molar-refractivity contribution in [2.45, 2.75) is 19.3 Å². The number of aliphatic hydroxyl groups excluding tert-OH is 1. The monoisotopic (exact) mass is 235 g/mol. The SMILES string of the molecule is COc1cc(C#N)cc(C(C)(C)CO)c1OC. The average Bonchev–Trinajstić information content (AvgIpc) is 2.36. The van der Waals surface area contributed by atoms with E-state index in [1.807, 2.05) is 13.8 Å². The molecule has 0 saturated carbocycles. The summed E-state index contributed by atoms with van der Waals surface area (Å²) >= 11 is 0. The van der Waals surface area contributed by atoms with Gasteiger partial charge in [0, 0.05) is 17.0 Å². The zero-order valence-electron chi connectivity index (χ0n) is 10.6. The van der Waals surface area contributed by atoms with Crippen LogP contribution >= 0.6 is 0 Å². The van der Waals surface area contributed by atoms with Crippen LogP contribution in [0.3, 0.4) is 0 Å². The molecule has 92 valence electrons. The maximum absolute atomic E-state index is 9.42. The van der Waals surface area contributed by atoms with Crippen LogP contribution in [0, 0.1) is 11.3 Å². The van der Waals surface area contributed by atoms with Crippen LogP contribution < -0.4 is 9.47 Å². The van der Waals surface area contributed by atoms with Gasteiger partial charge in [-0.1, -0.05) is 13.8 Å². The molecular weight excluding hydrogens is 218 g/mol. The van der Waals surface area contributed by atoms with Crippen molar-refractivity contribution in [3.63, 3.8) is 0 Å². The molecule has 0 atom stereocenters. The minimum atomic E-state index is -0.495. The average molecular weight is 235 g/mol. The smallest absolute Gasteiger partial charge is 0.164 e. The van der Waals surface area contributed by atoms with Crippen molar-refractivity contribution in [3.8, 4) is 17.6 Å². The molecule has 1 aromatic carbocycles. The number of rotatable bonds is 4. The largest absolute Gasteiger partial charge is 0.493 e. The molecule has 0 amide bonds. The van der Waals surface area contributed by atoms with Gasteiger partial charge in [0.1, 0.15) is 0 Å². The molecule has 0 bridgehead atoms. The fourth-order valence-electron chi connectivity index (χ4n) is 1.62. The Morgan fingerprint density at radius 2 is 1.94 bits per heavy atom. The predicted octanol–water partition coefficient (Wildman–Crippen LogP) is 1.85. The van der Waals surface area contributed by atoms with Crippen LogP contribution in [0.1, 0.15) is 25.0 Å². The Kier molecular flexibility index (Phi) is 3.97. The van der Waals surface area contributed by atoms with Crippen LogP contribution in [0.2, 0.25) is 0 Å². The number of hydrogen-bond donors (Lipinski definition) is 1. The molecule has 0 saturated heterocycles. The van der Waals surface area contributed by atoms with Crippen LogP contribution in [0.25, 0.3) is 0 Å². The molecule has 0 fully saturated rings. The predicted molar refractivity (Wildman–Crippen MR) is 64.4 cm³/mol. The standard InChI is InChI=1S/C13H17NO3/c1-13(2,8-15)10-5-9(7-14)6-11(16-3)12(10)17-4/h5-6,15H,8H2,1-4H3. The number of hydrogen-bond acceptors (Lipinski definition) is 4. The number of benzene rings is 1. The highest BCUT2D eigenvalue weighted by Crippen LogP contribution is 2.39. The lowest BCUT2D eigenvalue weighted by Gasteiger charge is -2.25. The molecule has 0 radical (unpaired) electrons. The molecule has 0 aliphatic carbocycles. The highest BCUT2D eigenvalue weighted by Gasteiger charge is 2.26. The Morgan fingerprint density at radius 3 is 2.35 bits per heavy atom. The van der Waals surface area contributed by atoms with Crippen molar-refractivity contribution in [1.82, 2.24) is 0 Å². The first kappa shape index (κ1) is 13.3. The summed E-state index contributed by atoms with van der Waals surface area (Å²) in [6.45, 7) is 3.72. The molecule has 0 aromatic heterocycles. The zero-order valence-corrected chi connectivity index (χ0v) is 10.6. The second-order valence-electron chi connectivity index (χ2n) is 4.41. The van der Waals surface area contributed by atoms with E-state index in [1.54, 1.807) is 19.2 Å². The third-order valence-corrected chi connectivity index (χ3v) is 2.73. The van der Waals surface area contributed by atoms with Crippen LogP contribution in [-0.4, -0.2) is 25.9 Å². The van der Waals surface area contributed by atoms with Crippen molar-refractivity contribution in [1.29, 1.82) is 5.26 Å². The molecule has 0 spiro atoms. The van der Waals surface area contributed by atoms with E-state index in [1.165, 1.54) is 7.11 Å². The van der Waals surface area contributed by atoms with Gasteiger partial charge in [0.2, 0.25) is 0 Å². The van der Waals surface area contributed by atoms with Crippen LogP contribution in [0.4, 0.5) is 0 Å². The molecule has 1 rings (SSSR count). The van der Waals surface area contributed by atoms with E-state index in [0.29, 0.717) is 17.1 Å². The number of nitriles is 1. The van der Waals surface area contributed by atoms with Gasteiger partial charge in [-0.15, -0.1) is 0 Å². The fourth-order valence-corrected chi connectivity index (χ4v) is 1.62. The molecule has 1 aromatic rings. The highest BCUT2D eigenvalue weighted by molar-refractivity contribution is 5.55. The van der Waals surface area contributed by atoms with Gasteiger partial charge in [0.25, 0.3) is 0 Å². The zero-order chi connectivity index (χ0) is 13.1. The van der Waals surface area contributed by atoms with Gasteiger partial charge in [0.05, 0.1) is 32.5 Å². The summed E-state index contributed by atoms with van der Waals surface area (Å²) < 4.78 is 10.5. The van der Waals surface area contributed by atoms with Gasteiger partial charge < -0.3 is 14.6 Å². The molecule has 1 N–H and O–H groups in total. The highest BCUT2D eigenvalue weighted by atomic mass is 16.5. The third-order valence-electron chi connectivity index (χ3n) is 2.73. The fraction of sp³-hybridized carbons (Fsp3) is 0.462. The van der Waals surface area contributed by atoms with Crippen molar-refractivity contribution in [3.05, 3.63) is 23.3 Å². The van der Waals surface area contributed by atoms with Gasteiger partial charge >= 0.3 is 0 Å². The van der Waals surface area contributed by atoms with Crippen LogP contribution in [-0.2, 0) is 5.41 Å². The number of aliphatic hydroxyl groups is 1. The van der Waals surface area contributed by atoms with Gasteiger partial charge in [0.15, 0.2) is 11.5 Å². The Morgan fingerprint density at radius 1 is 1.29 bits per heavy atom. The van der Waals surface area contributed by atoms with E-state index in [2.05, 4.69) is 6.07 Å². The van der Waals surface area contributed by atoms with Crippen molar-refractivity contribution < 1.29 is 14.6 Å². The minimum absolute atomic E-state index is 0.0403. The molecule has 0 unspecified atom stereocenters. The van der Waals surface area contributed by atoms with Crippen molar-refractivity contribution >= 4 is 0 Å². The number of nitrogens with zero attached hydrogens (tertiary/aromatic N) is 1. The summed E-state index contributed by atoms with van der Waals surface area (Å²) in [7, 11) is 3.07. The Labute approximate surface area is 101 Å². The summed E-state index contributed by atoms with van der Waals surface area (Å²) in [6.07, 6.45) is 0. The maximum Gasteiger partial charge on any atom is 0.164 e. The lowest BCUT2D eigenvalue weighted by Crippen LogP contribution is -2.23. The normalized spacial score (nSPS) is 10.8. The van der Waals surface area contributed by atoms with E-state index in [-0.39, 0.29) is 6.61 Å². The Balaban J connectivity index is 3.51. The minimum Gasteiger partial charge on any atom is -0.493 e. The van der Waals surface area contributed by atoms with E-state index >= 15 is 0 Å². The van der Waals surface area contributed by atoms with E-state index in [9.17, 15) is 5.11 Å². The maximum atomic E-state index is 9.42. The summed E-state index contributed by atoms with van der Waals surface area (Å²) in [6, 6.07) is 5.41. The van der Waals surface area contributed by atoms with Crippen molar-refractivity contribution in [2.75, 3.05) is 20.8 Å². The summed E-state index contributed by atoms with van der Waals surface area (Å²) in [4.78, 5) is 0. The lowest BCUT2D eigenvalue weighted by atomic mass is 9.84. The van der Waals surface area contributed by atoms with Crippen molar-refractivity contribution in [2.24, 2.45) is 0 Å². The molecule has 0 aliphatic heterocycles. The first-order valence-corrected chi connectivity index (χ1v) is 5.27. The van der Waals surface area contributed by atoms with Crippen LogP contribution in [0.5, 0.6) is 11.5 Å². The topological polar surface area (TPSA) is 62.5 Å². The van der Waals surface area contributed by atoms with Gasteiger partial charge in [-0.05, 0) is 6.07 Å². The lowest BCUT2D eigenvalue weighted by molar-refractivity contribution is 0.213. The molecule has 4 nitrogen and oxygen atoms in total. The number of methoxy groups -OCH3 is 2. The molecule has 17 heavy (non-hydrogen) atoms. The van der Waals surface area contributed by atoms with E-state index < -0.39 is 5.41 Å². The van der Waals surface area contributed by atoms with Gasteiger partial charge in [-0.3, -0.25) is 0 Å². The third kappa shape index (κ3) is 2.51. The molecule has 0 heterocycles. The second-order valence-corrected chi connectivity index (χ2v) is 4.41. The molecule has 4 heteroatoms. The van der Waals surface area contributed by atoms with Gasteiger partial charge in [-0.2, -0.15) is 5.26 Å². The van der Waals surface area contributed by atoms with Crippen LogP contribution in [0.15, 0.2) is 12.1 Å². The molecular formula is C13H17NO3. The first-order chi connectivity index (χ1) is 8.00. The first-order valence-electron chi connectivity index (χ1n) is 5.27. The molecule has 0 aliphatic rings. The Hall–Kier alpha value is -1.73.